The van der Waals surface area contributed by atoms with Crippen molar-refractivity contribution in [3.05, 3.63) is 71.8 Å². The maximum Gasteiger partial charge on any atom is 0.0468 e. The number of rotatable bonds is 10. The zero-order chi connectivity index (χ0) is 22.0. The number of fused-ring (bicyclic) bond motifs is 6. The number of aromatic amines is 1. The maximum absolute atomic E-state index is 3.73. The first-order chi connectivity index (χ1) is 15.8. The highest BCUT2D eigenvalue weighted by atomic mass is 14.7. The molecule has 3 aromatic carbocycles. The van der Waals surface area contributed by atoms with E-state index in [1.807, 2.05) is 0 Å². The highest BCUT2D eigenvalue weighted by Gasteiger charge is 2.42. The van der Waals surface area contributed by atoms with E-state index in [0.717, 1.165) is 0 Å². The third-order valence-corrected chi connectivity index (χ3v) is 7.81. The lowest BCUT2D eigenvalue weighted by atomic mass is 9.70. The molecule has 4 aromatic rings. The molecule has 5 rings (SSSR count). The molecule has 1 N–H and O–H groups in total. The van der Waals surface area contributed by atoms with Gasteiger partial charge in [0.25, 0.3) is 0 Å². The minimum atomic E-state index is 0.166. The number of para-hydroxylation sites is 1. The lowest BCUT2D eigenvalue weighted by molar-refractivity contribution is 0.401. The number of nitrogens with one attached hydrogen (secondary N) is 1. The maximum atomic E-state index is 3.73. The third-order valence-electron chi connectivity index (χ3n) is 7.81. The van der Waals surface area contributed by atoms with Crippen LogP contribution in [0, 0.1) is 0 Å². The highest BCUT2D eigenvalue weighted by Crippen LogP contribution is 2.55. The van der Waals surface area contributed by atoms with Crippen LogP contribution in [0.3, 0.4) is 0 Å². The summed E-state index contributed by atoms with van der Waals surface area (Å²) < 4.78 is 0. The summed E-state index contributed by atoms with van der Waals surface area (Å²) in [4.78, 5) is 3.73. The van der Waals surface area contributed by atoms with E-state index in [2.05, 4.69) is 79.5 Å². The molecule has 1 nitrogen and oxygen atoms in total. The molecule has 0 atom stereocenters. The molecule has 166 valence electrons. The van der Waals surface area contributed by atoms with Crippen molar-refractivity contribution < 1.29 is 0 Å². The van der Waals surface area contributed by atoms with Crippen LogP contribution in [-0.2, 0) is 5.41 Å². The summed E-state index contributed by atoms with van der Waals surface area (Å²) in [6.07, 6.45) is 13.2. The Labute approximate surface area is 193 Å². The molecule has 0 amide bonds. The fraction of sp³-hybridized carbons (Fsp3) is 0.419. The molecule has 0 saturated carbocycles. The zero-order valence-corrected chi connectivity index (χ0v) is 19.8. The van der Waals surface area contributed by atoms with Crippen LogP contribution in [0.1, 0.15) is 89.2 Å². The van der Waals surface area contributed by atoms with Crippen LogP contribution in [0.25, 0.3) is 32.9 Å². The van der Waals surface area contributed by atoms with Crippen LogP contribution in [-0.4, -0.2) is 4.98 Å². The second-order valence-corrected chi connectivity index (χ2v) is 9.86. The molecule has 1 heterocycles. The molecule has 0 fully saturated rings. The van der Waals surface area contributed by atoms with E-state index < -0.39 is 0 Å². The van der Waals surface area contributed by atoms with Gasteiger partial charge < -0.3 is 4.98 Å². The largest absolute Gasteiger partial charge is 0.355 e. The van der Waals surface area contributed by atoms with E-state index in [-0.39, 0.29) is 5.41 Å². The number of unbranched alkanes of at least 4 members (excludes halogenated alkanes) is 6. The van der Waals surface area contributed by atoms with Crippen molar-refractivity contribution >= 4 is 21.8 Å². The molecule has 0 unspecified atom stereocenters. The molecule has 1 aliphatic rings. The van der Waals surface area contributed by atoms with E-state index >= 15 is 0 Å². The van der Waals surface area contributed by atoms with Crippen molar-refractivity contribution in [3.63, 3.8) is 0 Å². The van der Waals surface area contributed by atoms with Gasteiger partial charge in [0, 0.05) is 27.2 Å². The summed E-state index contributed by atoms with van der Waals surface area (Å²) >= 11 is 0. The van der Waals surface area contributed by atoms with E-state index in [0.29, 0.717) is 0 Å². The molecule has 0 spiro atoms. The van der Waals surface area contributed by atoms with Gasteiger partial charge in [-0.3, -0.25) is 0 Å². The summed E-state index contributed by atoms with van der Waals surface area (Å²) in [5.74, 6) is 0. The molecule has 1 aliphatic carbocycles. The smallest absolute Gasteiger partial charge is 0.0468 e. The van der Waals surface area contributed by atoms with Gasteiger partial charge in [-0.05, 0) is 53.3 Å². The quantitative estimate of drug-likeness (QED) is 0.244. The van der Waals surface area contributed by atoms with Crippen LogP contribution >= 0.6 is 0 Å². The SMILES string of the molecule is CCCCCCC1(CCCCCC)c2ccccc2-c2cc3c(cc21)[nH]c1ccccc13. The topological polar surface area (TPSA) is 15.8 Å². The minimum Gasteiger partial charge on any atom is -0.355 e. The number of hydrogen-bond acceptors (Lipinski definition) is 0. The van der Waals surface area contributed by atoms with Crippen molar-refractivity contribution in [1.82, 2.24) is 4.98 Å². The Kier molecular flexibility index (Phi) is 6.09. The molecule has 0 radical (unpaired) electrons. The summed E-state index contributed by atoms with van der Waals surface area (Å²) in [7, 11) is 0. The first kappa shape index (κ1) is 21.3. The summed E-state index contributed by atoms with van der Waals surface area (Å²) in [5, 5.41) is 2.70. The van der Waals surface area contributed by atoms with Gasteiger partial charge in [-0.15, -0.1) is 0 Å². The Morgan fingerprint density at radius 3 is 2.03 bits per heavy atom. The zero-order valence-electron chi connectivity index (χ0n) is 19.8. The van der Waals surface area contributed by atoms with E-state index in [4.69, 9.17) is 0 Å². The monoisotopic (exact) mass is 423 g/mol. The average molecular weight is 424 g/mol. The third kappa shape index (κ3) is 3.56. The van der Waals surface area contributed by atoms with Crippen molar-refractivity contribution in [2.75, 3.05) is 0 Å². The molecule has 0 bridgehead atoms. The number of hydrogen-bond donors (Lipinski definition) is 1. The van der Waals surface area contributed by atoms with Crippen LogP contribution in [0.5, 0.6) is 0 Å². The Morgan fingerprint density at radius 1 is 0.594 bits per heavy atom. The van der Waals surface area contributed by atoms with Crippen molar-refractivity contribution in [3.8, 4) is 11.1 Å². The standard InChI is InChI=1S/C31H37N/c1-3-5-7-13-19-31(20-14-8-6-4-2)27-17-11-9-15-23(27)25-21-26-24-16-10-12-18-29(24)32-30(26)22-28(25)31/h9-12,15-18,21-22,32H,3-8,13-14,19-20H2,1-2H3. The number of aromatic nitrogens is 1. The van der Waals surface area contributed by atoms with Gasteiger partial charge in [-0.2, -0.15) is 0 Å². The molecule has 32 heavy (non-hydrogen) atoms. The van der Waals surface area contributed by atoms with Gasteiger partial charge in [0.15, 0.2) is 0 Å². The normalized spacial score (nSPS) is 14.2. The Balaban J connectivity index is 1.66. The van der Waals surface area contributed by atoms with Gasteiger partial charge in [0.05, 0.1) is 0 Å². The Hall–Kier alpha value is -2.54. The van der Waals surface area contributed by atoms with Crippen LogP contribution in [0.2, 0.25) is 0 Å². The van der Waals surface area contributed by atoms with Gasteiger partial charge in [0.1, 0.15) is 0 Å². The van der Waals surface area contributed by atoms with E-state index in [1.165, 1.54) is 97.1 Å². The van der Waals surface area contributed by atoms with Crippen molar-refractivity contribution in [2.45, 2.75) is 83.5 Å². The van der Waals surface area contributed by atoms with Gasteiger partial charge in [-0.25, -0.2) is 0 Å². The van der Waals surface area contributed by atoms with Crippen LogP contribution in [0.4, 0.5) is 0 Å². The average Bonchev–Trinajstić information content (AvgIpc) is 3.32. The highest BCUT2D eigenvalue weighted by molar-refractivity contribution is 6.09. The van der Waals surface area contributed by atoms with Gasteiger partial charge in [-0.1, -0.05) is 108 Å². The lowest BCUT2D eigenvalue weighted by Crippen LogP contribution is -2.25. The summed E-state index contributed by atoms with van der Waals surface area (Å²) in [6, 6.07) is 23.0. The predicted octanol–water partition coefficient (Wildman–Crippen LogP) is 9.53. The van der Waals surface area contributed by atoms with Crippen LogP contribution < -0.4 is 0 Å². The number of benzene rings is 3. The summed E-state index contributed by atoms with van der Waals surface area (Å²) in [5.41, 5.74) is 8.81. The Bertz CT molecular complexity index is 1200. The fourth-order valence-electron chi connectivity index (χ4n) is 6.17. The van der Waals surface area contributed by atoms with E-state index in [9.17, 15) is 0 Å². The predicted molar refractivity (Wildman–Crippen MR) is 140 cm³/mol. The van der Waals surface area contributed by atoms with Gasteiger partial charge >= 0.3 is 0 Å². The first-order valence-corrected chi connectivity index (χ1v) is 12.9. The van der Waals surface area contributed by atoms with Gasteiger partial charge in [0.2, 0.25) is 0 Å². The second kappa shape index (κ2) is 9.14. The Morgan fingerprint density at radius 2 is 1.28 bits per heavy atom. The molecular weight excluding hydrogens is 386 g/mol. The second-order valence-electron chi connectivity index (χ2n) is 9.86. The fourth-order valence-corrected chi connectivity index (χ4v) is 6.17. The van der Waals surface area contributed by atoms with Crippen LogP contribution in [0.15, 0.2) is 60.7 Å². The lowest BCUT2D eigenvalue weighted by Gasteiger charge is -2.33. The molecule has 0 aliphatic heterocycles. The van der Waals surface area contributed by atoms with E-state index in [1.54, 1.807) is 11.1 Å². The summed E-state index contributed by atoms with van der Waals surface area (Å²) in [6.45, 7) is 4.63. The molecule has 1 heteroatoms. The molecule has 1 aromatic heterocycles. The van der Waals surface area contributed by atoms with Crippen molar-refractivity contribution in [2.24, 2.45) is 0 Å². The molecule has 0 saturated heterocycles. The molecular formula is C31H37N. The minimum absolute atomic E-state index is 0.166. The number of H-pyrrole nitrogens is 1. The van der Waals surface area contributed by atoms with Crippen molar-refractivity contribution in [1.29, 1.82) is 0 Å². The first-order valence-electron chi connectivity index (χ1n) is 12.9.